The van der Waals surface area contributed by atoms with E-state index < -0.39 is 0 Å². The van der Waals surface area contributed by atoms with Gasteiger partial charge in [0.1, 0.15) is 0 Å². The van der Waals surface area contributed by atoms with Gasteiger partial charge in [0, 0.05) is 10.7 Å². The van der Waals surface area contributed by atoms with Crippen LogP contribution in [0.4, 0.5) is 5.69 Å². The lowest BCUT2D eigenvalue weighted by Gasteiger charge is -2.21. The Morgan fingerprint density at radius 1 is 1.00 bits per heavy atom. The minimum absolute atomic E-state index is 0.00789. The largest absolute Gasteiger partial charge is 0.326 e. The van der Waals surface area contributed by atoms with Crippen molar-refractivity contribution in [1.82, 2.24) is 0 Å². The minimum Gasteiger partial charge on any atom is -0.326 e. The number of halogens is 1. The van der Waals surface area contributed by atoms with Gasteiger partial charge in [0.2, 0.25) is 5.91 Å². The number of carbonyl (C=O) groups excluding carboxylic acids is 1. The molecule has 0 unspecified atom stereocenters. The Bertz CT molecular complexity index is 563. The summed E-state index contributed by atoms with van der Waals surface area (Å²) >= 11 is 5.90. The lowest BCUT2D eigenvalue weighted by Crippen LogP contribution is -2.25. The fourth-order valence-corrected chi connectivity index (χ4v) is 2.38. The van der Waals surface area contributed by atoms with Crippen molar-refractivity contribution >= 4 is 23.2 Å². The van der Waals surface area contributed by atoms with Crippen LogP contribution in [0.1, 0.15) is 25.3 Å². The Labute approximate surface area is 124 Å². The smallest absolute Gasteiger partial charge is 0.232 e. The minimum atomic E-state index is -0.188. The van der Waals surface area contributed by atoms with E-state index in [0.717, 1.165) is 11.3 Å². The molecule has 0 fully saturated rings. The van der Waals surface area contributed by atoms with E-state index in [0.29, 0.717) is 5.02 Å². The highest BCUT2D eigenvalue weighted by molar-refractivity contribution is 6.30. The quantitative estimate of drug-likeness (QED) is 0.866. The summed E-state index contributed by atoms with van der Waals surface area (Å²) in [5, 5.41) is 3.64. The molecule has 2 nitrogen and oxygen atoms in total. The topological polar surface area (TPSA) is 29.1 Å². The molecule has 104 valence electrons. The summed E-state index contributed by atoms with van der Waals surface area (Å²) in [6.07, 6.45) is 0. The maximum Gasteiger partial charge on any atom is 0.232 e. The number of nitrogens with one attached hydrogen (secondary N) is 1. The van der Waals surface area contributed by atoms with Crippen LogP contribution in [0.3, 0.4) is 0 Å². The standard InChI is InChI=1S/C17H18ClNO/c1-12(2)16(13-8-10-14(18)11-9-13)17(20)19-15-6-4-3-5-7-15/h3-12,16H,1-2H3,(H,19,20)/t16-/m0/s1. The third-order valence-electron chi connectivity index (χ3n) is 3.22. The number of amides is 1. The number of benzene rings is 2. The van der Waals surface area contributed by atoms with Gasteiger partial charge in [0.25, 0.3) is 0 Å². The van der Waals surface area contributed by atoms with Gasteiger partial charge in [-0.25, -0.2) is 0 Å². The summed E-state index contributed by atoms with van der Waals surface area (Å²) in [5.41, 5.74) is 1.80. The molecule has 20 heavy (non-hydrogen) atoms. The molecule has 1 N–H and O–H groups in total. The number of hydrogen-bond acceptors (Lipinski definition) is 1. The Morgan fingerprint density at radius 3 is 2.15 bits per heavy atom. The lowest BCUT2D eigenvalue weighted by atomic mass is 9.87. The van der Waals surface area contributed by atoms with Crippen molar-refractivity contribution in [1.29, 1.82) is 0 Å². The molecule has 0 heterocycles. The molecule has 2 rings (SSSR count). The molecule has 0 saturated carbocycles. The maximum absolute atomic E-state index is 12.5. The van der Waals surface area contributed by atoms with Gasteiger partial charge < -0.3 is 5.32 Å². The summed E-state index contributed by atoms with van der Waals surface area (Å²) in [7, 11) is 0. The first kappa shape index (κ1) is 14.6. The molecule has 2 aromatic rings. The van der Waals surface area contributed by atoms with E-state index in [-0.39, 0.29) is 17.7 Å². The van der Waals surface area contributed by atoms with Crippen molar-refractivity contribution in [3.8, 4) is 0 Å². The number of anilines is 1. The molecule has 0 bridgehead atoms. The predicted molar refractivity (Wildman–Crippen MR) is 84.1 cm³/mol. The maximum atomic E-state index is 12.5. The van der Waals surface area contributed by atoms with Gasteiger partial charge in [0.15, 0.2) is 0 Å². The Hall–Kier alpha value is -1.80. The molecule has 0 aliphatic rings. The van der Waals surface area contributed by atoms with E-state index in [4.69, 9.17) is 11.6 Å². The van der Waals surface area contributed by atoms with Crippen LogP contribution in [0.15, 0.2) is 54.6 Å². The van der Waals surface area contributed by atoms with Crippen molar-refractivity contribution in [2.24, 2.45) is 5.92 Å². The van der Waals surface area contributed by atoms with Crippen LogP contribution in [0.2, 0.25) is 5.02 Å². The first-order chi connectivity index (χ1) is 9.58. The lowest BCUT2D eigenvalue weighted by molar-refractivity contribution is -0.118. The highest BCUT2D eigenvalue weighted by Crippen LogP contribution is 2.27. The van der Waals surface area contributed by atoms with E-state index >= 15 is 0 Å². The number of para-hydroxylation sites is 1. The van der Waals surface area contributed by atoms with Gasteiger partial charge >= 0.3 is 0 Å². The van der Waals surface area contributed by atoms with Gasteiger partial charge in [-0.1, -0.05) is 55.8 Å². The van der Waals surface area contributed by atoms with Crippen LogP contribution >= 0.6 is 11.6 Å². The zero-order valence-electron chi connectivity index (χ0n) is 11.6. The number of carbonyl (C=O) groups is 1. The third-order valence-corrected chi connectivity index (χ3v) is 3.47. The SMILES string of the molecule is CC(C)[C@H](C(=O)Nc1ccccc1)c1ccc(Cl)cc1. The molecule has 0 aromatic heterocycles. The van der Waals surface area contributed by atoms with Gasteiger partial charge in [0.05, 0.1) is 5.92 Å². The zero-order chi connectivity index (χ0) is 14.5. The average molecular weight is 288 g/mol. The number of hydrogen-bond donors (Lipinski definition) is 1. The fraction of sp³-hybridized carbons (Fsp3) is 0.235. The fourth-order valence-electron chi connectivity index (χ4n) is 2.25. The van der Waals surface area contributed by atoms with Crippen LogP contribution in [-0.4, -0.2) is 5.91 Å². The second-order valence-electron chi connectivity index (χ2n) is 5.13. The first-order valence-electron chi connectivity index (χ1n) is 6.69. The molecule has 0 aliphatic carbocycles. The first-order valence-corrected chi connectivity index (χ1v) is 7.07. The van der Waals surface area contributed by atoms with Crippen LogP contribution in [0.25, 0.3) is 0 Å². The van der Waals surface area contributed by atoms with Gasteiger partial charge in [-0.05, 0) is 35.7 Å². The molecule has 0 spiro atoms. The molecular weight excluding hydrogens is 270 g/mol. The highest BCUT2D eigenvalue weighted by Gasteiger charge is 2.24. The summed E-state index contributed by atoms with van der Waals surface area (Å²) in [4.78, 5) is 12.5. The normalized spacial score (nSPS) is 12.2. The van der Waals surface area contributed by atoms with Crippen molar-refractivity contribution in [2.75, 3.05) is 5.32 Å². The average Bonchev–Trinajstić information content (AvgIpc) is 2.42. The number of rotatable bonds is 4. The Balaban J connectivity index is 2.20. The van der Waals surface area contributed by atoms with Gasteiger partial charge in [-0.3, -0.25) is 4.79 Å². The van der Waals surface area contributed by atoms with Crippen molar-refractivity contribution in [2.45, 2.75) is 19.8 Å². The van der Waals surface area contributed by atoms with Gasteiger partial charge in [-0.15, -0.1) is 0 Å². The summed E-state index contributed by atoms with van der Waals surface area (Å²) in [6, 6.07) is 17.0. The molecular formula is C17H18ClNO. The van der Waals surface area contributed by atoms with Crippen molar-refractivity contribution < 1.29 is 4.79 Å². The molecule has 3 heteroatoms. The van der Waals surface area contributed by atoms with E-state index in [1.807, 2.05) is 68.4 Å². The Morgan fingerprint density at radius 2 is 1.60 bits per heavy atom. The molecule has 2 aromatic carbocycles. The zero-order valence-corrected chi connectivity index (χ0v) is 12.4. The second-order valence-corrected chi connectivity index (χ2v) is 5.56. The van der Waals surface area contributed by atoms with Crippen LogP contribution in [-0.2, 0) is 4.79 Å². The molecule has 0 aliphatic heterocycles. The molecule has 1 atom stereocenters. The van der Waals surface area contributed by atoms with E-state index in [2.05, 4.69) is 5.32 Å². The third kappa shape index (κ3) is 3.61. The van der Waals surface area contributed by atoms with E-state index in [9.17, 15) is 4.79 Å². The molecule has 0 radical (unpaired) electrons. The highest BCUT2D eigenvalue weighted by atomic mass is 35.5. The molecule has 0 saturated heterocycles. The summed E-state index contributed by atoms with van der Waals surface area (Å²) < 4.78 is 0. The summed E-state index contributed by atoms with van der Waals surface area (Å²) in [5.74, 6) is 0.0286. The van der Waals surface area contributed by atoms with Gasteiger partial charge in [-0.2, -0.15) is 0 Å². The van der Waals surface area contributed by atoms with Crippen molar-refractivity contribution in [3.63, 3.8) is 0 Å². The molecule has 1 amide bonds. The van der Waals surface area contributed by atoms with Crippen molar-refractivity contribution in [3.05, 3.63) is 65.2 Å². The monoisotopic (exact) mass is 287 g/mol. The van der Waals surface area contributed by atoms with Crippen LogP contribution < -0.4 is 5.32 Å². The van der Waals surface area contributed by atoms with E-state index in [1.54, 1.807) is 0 Å². The predicted octanol–water partition coefficient (Wildman–Crippen LogP) is 4.72. The van der Waals surface area contributed by atoms with Crippen LogP contribution in [0, 0.1) is 5.92 Å². The van der Waals surface area contributed by atoms with Crippen LogP contribution in [0.5, 0.6) is 0 Å². The van der Waals surface area contributed by atoms with E-state index in [1.165, 1.54) is 0 Å². The second kappa shape index (κ2) is 6.58. The summed E-state index contributed by atoms with van der Waals surface area (Å²) in [6.45, 7) is 4.09. The Kier molecular flexibility index (Phi) is 4.80.